The molecule has 0 unspecified atom stereocenters. The third-order valence-electron chi connectivity index (χ3n) is 4.73. The Morgan fingerprint density at radius 1 is 1.19 bits per heavy atom. The van der Waals surface area contributed by atoms with Gasteiger partial charge >= 0.3 is 11.6 Å². The zero-order valence-electron chi connectivity index (χ0n) is 18.4. The standard InChI is InChI=1S/C21H25ClN2O7S/c1-6-24(7-2)32(28,29)15-8-9-16(22)17(11-15)23-20(26)14(5)31-21(27)19-12(3)10-18(25)30-13(19)4/h8-11,14H,6-7H2,1-5H3,(H,23,26)/t14-/m1/s1. The van der Waals surface area contributed by atoms with Crippen molar-refractivity contribution in [1.82, 2.24) is 4.31 Å². The molecule has 0 radical (unpaired) electrons. The number of aryl methyl sites for hydroxylation is 2. The molecule has 1 heterocycles. The van der Waals surface area contributed by atoms with E-state index in [9.17, 15) is 22.8 Å². The molecule has 9 nitrogen and oxygen atoms in total. The van der Waals surface area contributed by atoms with E-state index in [0.29, 0.717) is 5.56 Å². The fraction of sp³-hybridized carbons (Fsp3) is 0.381. The molecule has 0 aliphatic heterocycles. The van der Waals surface area contributed by atoms with Crippen molar-refractivity contribution in [3.63, 3.8) is 0 Å². The van der Waals surface area contributed by atoms with Crippen LogP contribution < -0.4 is 10.9 Å². The van der Waals surface area contributed by atoms with E-state index in [1.54, 1.807) is 20.8 Å². The van der Waals surface area contributed by atoms with Crippen molar-refractivity contribution in [2.45, 2.75) is 45.6 Å². The van der Waals surface area contributed by atoms with E-state index in [2.05, 4.69) is 5.32 Å². The third kappa shape index (κ3) is 5.56. The van der Waals surface area contributed by atoms with Crippen molar-refractivity contribution in [2.24, 2.45) is 0 Å². The monoisotopic (exact) mass is 484 g/mol. The molecular weight excluding hydrogens is 460 g/mol. The van der Waals surface area contributed by atoms with Crippen molar-refractivity contribution < 1.29 is 27.2 Å². The number of nitrogens with one attached hydrogen (secondary N) is 1. The minimum absolute atomic E-state index is 0.0314. The molecule has 1 aromatic heterocycles. The molecule has 2 aromatic rings. The van der Waals surface area contributed by atoms with Crippen molar-refractivity contribution in [1.29, 1.82) is 0 Å². The first-order chi connectivity index (χ1) is 14.9. The summed E-state index contributed by atoms with van der Waals surface area (Å²) in [6.07, 6.45) is -1.24. The van der Waals surface area contributed by atoms with E-state index in [-0.39, 0.29) is 40.0 Å². The summed E-state index contributed by atoms with van der Waals surface area (Å²) in [4.78, 5) is 36.4. The van der Waals surface area contributed by atoms with E-state index < -0.39 is 33.6 Å². The van der Waals surface area contributed by atoms with Crippen molar-refractivity contribution >= 4 is 39.2 Å². The normalized spacial score (nSPS) is 12.5. The maximum atomic E-state index is 12.7. The maximum Gasteiger partial charge on any atom is 0.342 e. The van der Waals surface area contributed by atoms with Crippen LogP contribution in [0.4, 0.5) is 5.69 Å². The van der Waals surface area contributed by atoms with Crippen LogP contribution in [0.25, 0.3) is 0 Å². The molecule has 11 heteroatoms. The number of carbonyl (C=O) groups excluding carboxylic acids is 2. The van der Waals surface area contributed by atoms with Crippen LogP contribution in [0.5, 0.6) is 0 Å². The molecule has 0 spiro atoms. The summed E-state index contributed by atoms with van der Waals surface area (Å²) >= 11 is 6.13. The fourth-order valence-corrected chi connectivity index (χ4v) is 4.69. The van der Waals surface area contributed by atoms with Crippen LogP contribution in [0, 0.1) is 13.8 Å². The van der Waals surface area contributed by atoms with Gasteiger partial charge in [0.05, 0.1) is 15.6 Å². The minimum Gasteiger partial charge on any atom is -0.449 e. The van der Waals surface area contributed by atoms with E-state index in [4.69, 9.17) is 20.8 Å². The number of nitrogens with zero attached hydrogens (tertiary/aromatic N) is 1. The number of esters is 1. The molecule has 1 aromatic carbocycles. The molecule has 0 aliphatic carbocycles. The fourth-order valence-electron chi connectivity index (χ4n) is 3.04. The van der Waals surface area contributed by atoms with E-state index in [1.165, 1.54) is 36.4 Å². The van der Waals surface area contributed by atoms with Gasteiger partial charge in [-0.3, -0.25) is 4.79 Å². The number of hydrogen-bond donors (Lipinski definition) is 1. The second-order valence-corrected chi connectivity index (χ2v) is 9.29. The maximum absolute atomic E-state index is 12.7. The molecule has 174 valence electrons. The summed E-state index contributed by atoms with van der Waals surface area (Å²) in [7, 11) is -3.76. The Labute approximate surface area is 191 Å². The molecule has 2 rings (SSSR count). The van der Waals surface area contributed by atoms with Gasteiger partial charge in [-0.2, -0.15) is 4.31 Å². The van der Waals surface area contributed by atoms with Crippen LogP contribution in [0.2, 0.25) is 5.02 Å². The highest BCUT2D eigenvalue weighted by Gasteiger charge is 2.25. The van der Waals surface area contributed by atoms with Crippen LogP contribution in [-0.2, 0) is 19.6 Å². The molecule has 0 fully saturated rings. The lowest BCUT2D eigenvalue weighted by atomic mass is 10.1. The minimum atomic E-state index is -3.76. The number of hydrogen-bond acceptors (Lipinski definition) is 7. The molecule has 0 saturated carbocycles. The van der Waals surface area contributed by atoms with Gasteiger partial charge in [-0.1, -0.05) is 25.4 Å². The van der Waals surface area contributed by atoms with E-state index in [0.717, 1.165) is 6.07 Å². The first-order valence-corrected chi connectivity index (χ1v) is 11.7. The molecule has 0 bridgehead atoms. The first kappa shape index (κ1) is 25.6. The Balaban J connectivity index is 2.22. The van der Waals surface area contributed by atoms with Crippen LogP contribution >= 0.6 is 11.6 Å². The molecular formula is C21H25ClN2O7S. The quantitative estimate of drug-likeness (QED) is 0.571. The van der Waals surface area contributed by atoms with Crippen molar-refractivity contribution in [2.75, 3.05) is 18.4 Å². The number of ether oxygens (including phenoxy) is 1. The zero-order chi connectivity index (χ0) is 24.2. The summed E-state index contributed by atoms with van der Waals surface area (Å²) in [5, 5.41) is 2.61. The van der Waals surface area contributed by atoms with Crippen LogP contribution in [0.3, 0.4) is 0 Å². The first-order valence-electron chi connectivity index (χ1n) is 9.85. The van der Waals surface area contributed by atoms with E-state index in [1.807, 2.05) is 0 Å². The van der Waals surface area contributed by atoms with Crippen LogP contribution in [-0.4, -0.2) is 43.8 Å². The molecule has 0 saturated heterocycles. The predicted molar refractivity (Wildman–Crippen MR) is 120 cm³/mol. The van der Waals surface area contributed by atoms with Gasteiger partial charge in [-0.15, -0.1) is 0 Å². The molecule has 1 atom stereocenters. The number of rotatable bonds is 8. The van der Waals surface area contributed by atoms with Gasteiger partial charge in [0.15, 0.2) is 6.10 Å². The molecule has 1 amide bonds. The summed E-state index contributed by atoms with van der Waals surface area (Å²) in [5.74, 6) is -1.48. The van der Waals surface area contributed by atoms with Gasteiger partial charge < -0.3 is 14.5 Å². The van der Waals surface area contributed by atoms with Crippen LogP contribution in [0.15, 0.2) is 38.4 Å². The SMILES string of the molecule is CCN(CC)S(=O)(=O)c1ccc(Cl)c(NC(=O)[C@@H](C)OC(=O)c2c(C)cc(=O)oc2C)c1. The summed E-state index contributed by atoms with van der Waals surface area (Å²) in [5.41, 5.74) is -0.134. The Morgan fingerprint density at radius 2 is 1.81 bits per heavy atom. The van der Waals surface area contributed by atoms with Crippen LogP contribution in [0.1, 0.15) is 42.5 Å². The highest BCUT2D eigenvalue weighted by molar-refractivity contribution is 7.89. The van der Waals surface area contributed by atoms with Gasteiger partial charge in [0.25, 0.3) is 5.91 Å². The molecule has 0 aliphatic rings. The largest absolute Gasteiger partial charge is 0.449 e. The lowest BCUT2D eigenvalue weighted by Gasteiger charge is -2.20. The topological polar surface area (TPSA) is 123 Å². The Kier molecular flexibility index (Phi) is 8.22. The van der Waals surface area contributed by atoms with Gasteiger partial charge in [0.2, 0.25) is 10.0 Å². The lowest BCUT2D eigenvalue weighted by Crippen LogP contribution is -2.32. The van der Waals surface area contributed by atoms with Gasteiger partial charge in [-0.05, 0) is 44.5 Å². The summed E-state index contributed by atoms with van der Waals surface area (Å²) in [6, 6.07) is 5.12. The average Bonchev–Trinajstić information content (AvgIpc) is 2.69. The number of halogens is 1. The summed E-state index contributed by atoms with van der Waals surface area (Å²) < 4.78 is 36.9. The average molecular weight is 485 g/mol. The van der Waals surface area contributed by atoms with E-state index >= 15 is 0 Å². The Morgan fingerprint density at radius 3 is 2.38 bits per heavy atom. The summed E-state index contributed by atoms with van der Waals surface area (Å²) in [6.45, 7) is 8.35. The highest BCUT2D eigenvalue weighted by atomic mass is 35.5. The predicted octanol–water partition coefficient (Wildman–Crippen LogP) is 3.12. The van der Waals surface area contributed by atoms with Crippen molar-refractivity contribution in [3.05, 3.63) is 56.6 Å². The number of carbonyl (C=O) groups is 2. The highest BCUT2D eigenvalue weighted by Crippen LogP contribution is 2.27. The molecule has 1 N–H and O–H groups in total. The molecule has 32 heavy (non-hydrogen) atoms. The number of anilines is 1. The number of sulfonamides is 1. The van der Waals surface area contributed by atoms with Gasteiger partial charge in [0, 0.05) is 19.2 Å². The second kappa shape index (κ2) is 10.3. The lowest BCUT2D eigenvalue weighted by molar-refractivity contribution is -0.123. The number of benzene rings is 1. The Bertz CT molecular complexity index is 1160. The second-order valence-electron chi connectivity index (χ2n) is 6.95. The smallest absolute Gasteiger partial charge is 0.342 e. The zero-order valence-corrected chi connectivity index (χ0v) is 20.0. The van der Waals surface area contributed by atoms with Gasteiger partial charge in [-0.25, -0.2) is 18.0 Å². The third-order valence-corrected chi connectivity index (χ3v) is 7.11. The van der Waals surface area contributed by atoms with Gasteiger partial charge in [0.1, 0.15) is 11.3 Å². The Hall–Kier alpha value is -2.69. The number of amides is 1. The van der Waals surface area contributed by atoms with Crippen molar-refractivity contribution in [3.8, 4) is 0 Å².